The number of amides is 1. The summed E-state index contributed by atoms with van der Waals surface area (Å²) in [5.74, 6) is -1.09. The number of sulfone groups is 1. The number of carbonyl (C=O) groups is 1. The molecule has 0 aliphatic rings. The van der Waals surface area contributed by atoms with E-state index in [9.17, 15) is 17.6 Å². The standard InChI is InChI=1S/C13H17ClFNO3S/c1-13(2,20(4,18)19)12(17)16(3)8-9-7-10(14)5-6-11(9)15/h5-7H,8H2,1-4H3. The van der Waals surface area contributed by atoms with Gasteiger partial charge in [0.1, 0.15) is 10.6 Å². The van der Waals surface area contributed by atoms with Crippen molar-refractivity contribution in [3.63, 3.8) is 0 Å². The summed E-state index contributed by atoms with van der Waals surface area (Å²) in [5, 5.41) is 0.352. The first-order chi connectivity index (χ1) is 8.96. The molecule has 0 bridgehead atoms. The number of halogens is 2. The zero-order valence-corrected chi connectivity index (χ0v) is 13.3. The van der Waals surface area contributed by atoms with E-state index in [0.29, 0.717) is 5.02 Å². The van der Waals surface area contributed by atoms with Crippen LogP contribution in [0, 0.1) is 5.82 Å². The summed E-state index contributed by atoms with van der Waals surface area (Å²) in [7, 11) is -2.14. The molecule has 20 heavy (non-hydrogen) atoms. The molecule has 0 aliphatic carbocycles. The number of benzene rings is 1. The zero-order valence-electron chi connectivity index (χ0n) is 11.8. The molecule has 0 saturated heterocycles. The Bertz CT molecular complexity index is 629. The largest absolute Gasteiger partial charge is 0.340 e. The minimum atomic E-state index is -3.57. The van der Waals surface area contributed by atoms with Crippen molar-refractivity contribution in [3.8, 4) is 0 Å². The third-order valence-corrected chi connectivity index (χ3v) is 5.47. The predicted molar refractivity (Wildman–Crippen MR) is 76.8 cm³/mol. The summed E-state index contributed by atoms with van der Waals surface area (Å²) >= 11 is 5.78. The minimum absolute atomic E-state index is 0.0514. The molecule has 0 spiro atoms. The fourth-order valence-electron chi connectivity index (χ4n) is 1.61. The molecule has 0 radical (unpaired) electrons. The number of carbonyl (C=O) groups excluding carboxylic acids is 1. The van der Waals surface area contributed by atoms with Crippen LogP contribution in [0.4, 0.5) is 4.39 Å². The molecule has 0 heterocycles. The summed E-state index contributed by atoms with van der Waals surface area (Å²) < 4.78 is 35.3. The molecule has 0 fully saturated rings. The van der Waals surface area contributed by atoms with Gasteiger partial charge in [0.05, 0.1) is 0 Å². The summed E-state index contributed by atoms with van der Waals surface area (Å²) in [4.78, 5) is 13.4. The molecule has 112 valence electrons. The second-order valence-electron chi connectivity index (χ2n) is 5.18. The van der Waals surface area contributed by atoms with Crippen LogP contribution >= 0.6 is 11.6 Å². The SMILES string of the molecule is CN(Cc1cc(Cl)ccc1F)C(=O)C(C)(C)S(C)(=O)=O. The van der Waals surface area contributed by atoms with Gasteiger partial charge in [-0.3, -0.25) is 4.79 Å². The van der Waals surface area contributed by atoms with Gasteiger partial charge in [0, 0.05) is 30.4 Å². The van der Waals surface area contributed by atoms with Crippen LogP contribution in [0.2, 0.25) is 5.02 Å². The first-order valence-electron chi connectivity index (χ1n) is 5.86. The van der Waals surface area contributed by atoms with Gasteiger partial charge in [-0.15, -0.1) is 0 Å². The Labute approximate surface area is 123 Å². The minimum Gasteiger partial charge on any atom is -0.340 e. The fourth-order valence-corrected chi connectivity index (χ4v) is 2.28. The molecule has 7 heteroatoms. The monoisotopic (exact) mass is 321 g/mol. The van der Waals surface area contributed by atoms with Crippen LogP contribution in [-0.2, 0) is 21.2 Å². The van der Waals surface area contributed by atoms with Crippen LogP contribution in [0.5, 0.6) is 0 Å². The Morgan fingerprint density at radius 3 is 2.45 bits per heavy atom. The Morgan fingerprint density at radius 2 is 1.95 bits per heavy atom. The first kappa shape index (κ1) is 16.9. The maximum Gasteiger partial charge on any atom is 0.243 e. The lowest BCUT2D eigenvalue weighted by Gasteiger charge is -2.28. The van der Waals surface area contributed by atoms with E-state index in [1.54, 1.807) is 0 Å². The van der Waals surface area contributed by atoms with Crippen LogP contribution in [-0.4, -0.2) is 37.3 Å². The van der Waals surface area contributed by atoms with E-state index in [1.165, 1.54) is 44.0 Å². The van der Waals surface area contributed by atoms with Gasteiger partial charge < -0.3 is 4.90 Å². The van der Waals surface area contributed by atoms with Crippen LogP contribution in [0.1, 0.15) is 19.4 Å². The maximum atomic E-state index is 13.6. The van der Waals surface area contributed by atoms with Crippen molar-refractivity contribution < 1.29 is 17.6 Å². The lowest BCUT2D eigenvalue weighted by molar-refractivity contribution is -0.132. The third-order valence-electron chi connectivity index (χ3n) is 3.20. The lowest BCUT2D eigenvalue weighted by Crippen LogP contribution is -2.48. The van der Waals surface area contributed by atoms with Crippen LogP contribution < -0.4 is 0 Å². The molecule has 0 unspecified atom stereocenters. The molecule has 0 saturated carbocycles. The van der Waals surface area contributed by atoms with Gasteiger partial charge in [-0.05, 0) is 32.0 Å². The molecule has 0 N–H and O–H groups in total. The van der Waals surface area contributed by atoms with Gasteiger partial charge in [0.2, 0.25) is 5.91 Å². The molecule has 0 aliphatic heterocycles. The van der Waals surface area contributed by atoms with Gasteiger partial charge >= 0.3 is 0 Å². The highest BCUT2D eigenvalue weighted by atomic mass is 35.5. The van der Waals surface area contributed by atoms with E-state index in [4.69, 9.17) is 11.6 Å². The van der Waals surface area contributed by atoms with Gasteiger partial charge in [0.15, 0.2) is 9.84 Å². The van der Waals surface area contributed by atoms with Crippen molar-refractivity contribution in [2.45, 2.75) is 25.1 Å². The fraction of sp³-hybridized carbons (Fsp3) is 0.462. The zero-order chi connectivity index (χ0) is 15.7. The Morgan fingerprint density at radius 1 is 1.40 bits per heavy atom. The normalized spacial score (nSPS) is 12.3. The van der Waals surface area contributed by atoms with E-state index >= 15 is 0 Å². The maximum absolute atomic E-state index is 13.6. The molecule has 4 nitrogen and oxygen atoms in total. The van der Waals surface area contributed by atoms with Crippen molar-refractivity contribution >= 4 is 27.3 Å². The average Bonchev–Trinajstić information content (AvgIpc) is 2.31. The van der Waals surface area contributed by atoms with Gasteiger partial charge in [-0.25, -0.2) is 12.8 Å². The smallest absolute Gasteiger partial charge is 0.243 e. The van der Waals surface area contributed by atoms with Gasteiger partial charge in [-0.2, -0.15) is 0 Å². The van der Waals surface area contributed by atoms with Crippen LogP contribution in [0.3, 0.4) is 0 Å². The van der Waals surface area contributed by atoms with Crippen molar-refractivity contribution in [2.24, 2.45) is 0 Å². The molecular weight excluding hydrogens is 305 g/mol. The molecule has 1 aromatic carbocycles. The van der Waals surface area contributed by atoms with E-state index < -0.39 is 26.3 Å². The second kappa shape index (κ2) is 5.69. The number of nitrogens with zero attached hydrogens (tertiary/aromatic N) is 1. The summed E-state index contributed by atoms with van der Waals surface area (Å²) in [6.45, 7) is 2.61. The molecular formula is C13H17ClFNO3S. The average molecular weight is 322 g/mol. The van der Waals surface area contributed by atoms with E-state index in [-0.39, 0.29) is 12.1 Å². The molecule has 0 atom stereocenters. The summed E-state index contributed by atoms with van der Waals surface area (Å²) in [6.07, 6.45) is 0.999. The first-order valence-corrected chi connectivity index (χ1v) is 8.13. The van der Waals surface area contributed by atoms with Gasteiger partial charge in [0.25, 0.3) is 0 Å². The summed E-state index contributed by atoms with van der Waals surface area (Å²) in [5.41, 5.74) is 0.234. The highest BCUT2D eigenvalue weighted by molar-refractivity contribution is 7.92. The quantitative estimate of drug-likeness (QED) is 0.854. The highest BCUT2D eigenvalue weighted by Gasteiger charge is 2.40. The Kier molecular flexibility index (Phi) is 4.82. The lowest BCUT2D eigenvalue weighted by atomic mass is 10.1. The third kappa shape index (κ3) is 3.49. The molecule has 1 rings (SSSR count). The second-order valence-corrected chi connectivity index (χ2v) is 8.18. The topological polar surface area (TPSA) is 54.5 Å². The van der Waals surface area contributed by atoms with Gasteiger partial charge in [-0.1, -0.05) is 11.6 Å². The molecule has 1 aromatic rings. The highest BCUT2D eigenvalue weighted by Crippen LogP contribution is 2.21. The molecule has 1 amide bonds. The number of hydrogen-bond acceptors (Lipinski definition) is 3. The van der Waals surface area contributed by atoms with Crippen molar-refractivity contribution in [1.82, 2.24) is 4.90 Å². The summed E-state index contributed by atoms with van der Waals surface area (Å²) in [6, 6.07) is 4.02. The van der Waals surface area contributed by atoms with E-state index in [1.807, 2.05) is 0 Å². The van der Waals surface area contributed by atoms with Crippen molar-refractivity contribution in [3.05, 3.63) is 34.6 Å². The van der Waals surface area contributed by atoms with Crippen molar-refractivity contribution in [2.75, 3.05) is 13.3 Å². The molecule has 0 aromatic heterocycles. The van der Waals surface area contributed by atoms with E-state index in [2.05, 4.69) is 0 Å². The van der Waals surface area contributed by atoms with E-state index in [0.717, 1.165) is 6.26 Å². The van der Waals surface area contributed by atoms with Crippen LogP contribution in [0.15, 0.2) is 18.2 Å². The Balaban J connectivity index is 3.00. The number of hydrogen-bond donors (Lipinski definition) is 0. The number of rotatable bonds is 4. The Hall–Kier alpha value is -1.14. The van der Waals surface area contributed by atoms with Crippen LogP contribution in [0.25, 0.3) is 0 Å². The van der Waals surface area contributed by atoms with Crippen molar-refractivity contribution in [1.29, 1.82) is 0 Å². The predicted octanol–water partition coefficient (Wildman–Crippen LogP) is 2.26.